The minimum Gasteiger partial charge on any atom is -0.508 e. The lowest BCUT2D eigenvalue weighted by Gasteiger charge is -2.38. The predicted octanol–water partition coefficient (Wildman–Crippen LogP) is 2.04. The summed E-state index contributed by atoms with van der Waals surface area (Å²) in [6, 6.07) is 3.36. The maximum atomic E-state index is 11.9. The number of rotatable bonds is 0. The highest BCUT2D eigenvalue weighted by atomic mass is 16.6. The van der Waals surface area contributed by atoms with E-state index >= 15 is 0 Å². The zero-order chi connectivity index (χ0) is 14.0. The number of phenols is 1. The standard InChI is InChI=1S/C15H18O4/c1-8-4-12-10(5-11(8)17)15(13(18)19-12)7-9(16)6-14(15,2)3/h4-5,13,17-18H,6-7H2,1-3H3. The molecule has 1 aromatic rings. The van der Waals surface area contributed by atoms with E-state index in [2.05, 4.69) is 0 Å². The fourth-order valence-electron chi connectivity index (χ4n) is 3.61. The lowest BCUT2D eigenvalue weighted by atomic mass is 9.64. The van der Waals surface area contributed by atoms with Crippen molar-refractivity contribution >= 4 is 5.78 Å². The van der Waals surface area contributed by atoms with Crippen molar-refractivity contribution in [3.63, 3.8) is 0 Å². The fourth-order valence-corrected chi connectivity index (χ4v) is 3.61. The molecule has 0 amide bonds. The molecule has 4 nitrogen and oxygen atoms in total. The highest BCUT2D eigenvalue weighted by molar-refractivity contribution is 5.85. The fraction of sp³-hybridized carbons (Fsp3) is 0.533. The Morgan fingerprint density at radius 1 is 1.32 bits per heavy atom. The van der Waals surface area contributed by atoms with Crippen LogP contribution >= 0.6 is 0 Å². The summed E-state index contributed by atoms with van der Waals surface area (Å²) in [6.07, 6.45) is -0.358. The molecule has 0 aromatic heterocycles. The Morgan fingerprint density at radius 3 is 2.58 bits per heavy atom. The van der Waals surface area contributed by atoms with Crippen molar-refractivity contribution in [1.82, 2.24) is 0 Å². The van der Waals surface area contributed by atoms with Gasteiger partial charge in [-0.3, -0.25) is 4.79 Å². The van der Waals surface area contributed by atoms with E-state index in [1.165, 1.54) is 0 Å². The van der Waals surface area contributed by atoms with E-state index in [0.29, 0.717) is 17.7 Å². The number of hydrogen-bond donors (Lipinski definition) is 2. The molecule has 1 fully saturated rings. The van der Waals surface area contributed by atoms with Crippen molar-refractivity contribution in [3.05, 3.63) is 23.3 Å². The molecule has 1 saturated carbocycles. The number of Topliss-reactive ketones (excluding diaryl/α,β-unsaturated/α-hetero) is 1. The number of fused-ring (bicyclic) bond motifs is 2. The second-order valence-electron chi connectivity index (χ2n) is 6.35. The number of aliphatic hydroxyl groups is 1. The number of benzene rings is 1. The van der Waals surface area contributed by atoms with Gasteiger partial charge in [0, 0.05) is 18.4 Å². The first-order valence-electron chi connectivity index (χ1n) is 6.48. The van der Waals surface area contributed by atoms with Gasteiger partial charge in [-0.25, -0.2) is 0 Å². The minimum absolute atomic E-state index is 0.126. The van der Waals surface area contributed by atoms with Crippen molar-refractivity contribution in [2.75, 3.05) is 0 Å². The first kappa shape index (κ1) is 12.5. The van der Waals surface area contributed by atoms with Gasteiger partial charge < -0.3 is 14.9 Å². The van der Waals surface area contributed by atoms with Crippen LogP contribution in [0.2, 0.25) is 0 Å². The van der Waals surface area contributed by atoms with Gasteiger partial charge >= 0.3 is 0 Å². The van der Waals surface area contributed by atoms with Crippen LogP contribution in [0.3, 0.4) is 0 Å². The normalized spacial score (nSPS) is 31.6. The van der Waals surface area contributed by atoms with Gasteiger partial charge in [0.1, 0.15) is 17.3 Å². The van der Waals surface area contributed by atoms with Gasteiger partial charge in [-0.15, -0.1) is 0 Å². The Balaban J connectivity index is 2.25. The van der Waals surface area contributed by atoms with Crippen molar-refractivity contribution in [2.45, 2.75) is 45.3 Å². The molecule has 1 aromatic carbocycles. The summed E-state index contributed by atoms with van der Waals surface area (Å²) in [5, 5.41) is 20.3. The summed E-state index contributed by atoms with van der Waals surface area (Å²) in [7, 11) is 0. The molecule has 2 N–H and O–H groups in total. The molecular weight excluding hydrogens is 244 g/mol. The first-order valence-corrected chi connectivity index (χ1v) is 6.48. The number of aryl methyl sites for hydroxylation is 1. The topological polar surface area (TPSA) is 66.8 Å². The molecule has 2 atom stereocenters. The van der Waals surface area contributed by atoms with E-state index in [1.54, 1.807) is 19.1 Å². The number of aromatic hydroxyl groups is 1. The number of ether oxygens (including phenoxy) is 1. The van der Waals surface area contributed by atoms with Crippen LogP contribution in [-0.2, 0) is 10.2 Å². The molecule has 0 radical (unpaired) electrons. The van der Waals surface area contributed by atoms with E-state index in [-0.39, 0.29) is 18.0 Å². The van der Waals surface area contributed by atoms with E-state index in [0.717, 1.165) is 5.56 Å². The maximum Gasteiger partial charge on any atom is 0.208 e. The number of carbonyl (C=O) groups is 1. The van der Waals surface area contributed by atoms with Crippen LogP contribution in [0.25, 0.3) is 0 Å². The molecule has 102 valence electrons. The molecular formula is C15H18O4. The quantitative estimate of drug-likeness (QED) is 0.751. The van der Waals surface area contributed by atoms with Gasteiger partial charge in [-0.2, -0.15) is 0 Å². The number of aliphatic hydroxyl groups excluding tert-OH is 1. The average Bonchev–Trinajstić information content (AvgIpc) is 2.67. The molecule has 3 rings (SSSR count). The Morgan fingerprint density at radius 2 is 2.00 bits per heavy atom. The number of hydrogen-bond acceptors (Lipinski definition) is 4. The Labute approximate surface area is 112 Å². The maximum absolute atomic E-state index is 11.9. The first-order chi connectivity index (χ1) is 8.78. The van der Waals surface area contributed by atoms with Crippen LogP contribution in [0.5, 0.6) is 11.5 Å². The van der Waals surface area contributed by atoms with Crippen molar-refractivity contribution in [2.24, 2.45) is 5.41 Å². The second-order valence-corrected chi connectivity index (χ2v) is 6.35. The van der Waals surface area contributed by atoms with Gasteiger partial charge in [0.15, 0.2) is 0 Å². The second kappa shape index (κ2) is 3.51. The van der Waals surface area contributed by atoms with Crippen LogP contribution in [0.1, 0.15) is 37.8 Å². The number of carbonyl (C=O) groups excluding carboxylic acids is 1. The molecule has 1 aliphatic carbocycles. The third kappa shape index (κ3) is 1.40. The van der Waals surface area contributed by atoms with Crippen LogP contribution in [0, 0.1) is 12.3 Å². The van der Waals surface area contributed by atoms with Gasteiger partial charge in [-0.1, -0.05) is 13.8 Å². The lowest BCUT2D eigenvalue weighted by molar-refractivity contribution is -0.119. The summed E-state index contributed by atoms with van der Waals surface area (Å²) in [4.78, 5) is 11.9. The van der Waals surface area contributed by atoms with Crippen LogP contribution < -0.4 is 4.74 Å². The zero-order valence-corrected chi connectivity index (χ0v) is 11.4. The molecule has 0 bridgehead atoms. The Kier molecular flexibility index (Phi) is 2.31. The zero-order valence-electron chi connectivity index (χ0n) is 11.4. The van der Waals surface area contributed by atoms with Crippen LogP contribution in [-0.4, -0.2) is 22.3 Å². The van der Waals surface area contributed by atoms with E-state index in [4.69, 9.17) is 4.74 Å². The Hall–Kier alpha value is -1.55. The summed E-state index contributed by atoms with van der Waals surface area (Å²) >= 11 is 0. The highest BCUT2D eigenvalue weighted by Gasteiger charge is 2.62. The monoisotopic (exact) mass is 262 g/mol. The molecule has 0 saturated heterocycles. The minimum atomic E-state index is -1.04. The van der Waals surface area contributed by atoms with Crippen molar-refractivity contribution < 1.29 is 19.7 Å². The van der Waals surface area contributed by atoms with Gasteiger partial charge in [0.25, 0.3) is 0 Å². The molecule has 1 heterocycles. The summed E-state index contributed by atoms with van der Waals surface area (Å²) in [6.45, 7) is 5.72. The van der Waals surface area contributed by atoms with E-state index in [9.17, 15) is 15.0 Å². The van der Waals surface area contributed by atoms with E-state index < -0.39 is 17.1 Å². The van der Waals surface area contributed by atoms with Gasteiger partial charge in [-0.05, 0) is 30.0 Å². The van der Waals surface area contributed by atoms with Crippen molar-refractivity contribution in [3.8, 4) is 11.5 Å². The third-order valence-corrected chi connectivity index (χ3v) is 4.76. The SMILES string of the molecule is Cc1cc2c(cc1O)C1(CC(=O)CC1(C)C)C(O)O2. The van der Waals surface area contributed by atoms with Gasteiger partial charge in [0.2, 0.25) is 6.29 Å². The molecule has 4 heteroatoms. The van der Waals surface area contributed by atoms with Crippen molar-refractivity contribution in [1.29, 1.82) is 0 Å². The lowest BCUT2D eigenvalue weighted by Crippen LogP contribution is -2.46. The molecule has 2 aliphatic rings. The molecule has 1 spiro atoms. The largest absolute Gasteiger partial charge is 0.508 e. The smallest absolute Gasteiger partial charge is 0.208 e. The molecule has 2 unspecified atom stereocenters. The summed E-state index contributed by atoms with van der Waals surface area (Å²) in [5.74, 6) is 0.872. The number of ketones is 1. The van der Waals surface area contributed by atoms with E-state index in [1.807, 2.05) is 13.8 Å². The summed E-state index contributed by atoms with van der Waals surface area (Å²) < 4.78 is 5.56. The number of phenolic OH excluding ortho intramolecular Hbond substituents is 1. The van der Waals surface area contributed by atoms with Crippen LogP contribution in [0.15, 0.2) is 12.1 Å². The predicted molar refractivity (Wildman–Crippen MR) is 69.2 cm³/mol. The summed E-state index contributed by atoms with van der Waals surface area (Å²) in [5.41, 5.74) is 0.310. The van der Waals surface area contributed by atoms with Crippen LogP contribution in [0.4, 0.5) is 0 Å². The molecule has 1 aliphatic heterocycles. The molecule has 19 heavy (non-hydrogen) atoms. The average molecular weight is 262 g/mol. The third-order valence-electron chi connectivity index (χ3n) is 4.76. The van der Waals surface area contributed by atoms with Gasteiger partial charge in [0.05, 0.1) is 5.41 Å². The highest BCUT2D eigenvalue weighted by Crippen LogP contribution is 2.60. The Bertz CT molecular complexity index is 576.